The molecule has 0 saturated heterocycles. The number of amides is 1. The van der Waals surface area contributed by atoms with Crippen molar-refractivity contribution in [2.24, 2.45) is 0 Å². The van der Waals surface area contributed by atoms with Gasteiger partial charge < -0.3 is 20.7 Å². The number of likely N-dealkylation sites (N-methyl/N-ethyl adjacent to an activating group) is 1. The van der Waals surface area contributed by atoms with Gasteiger partial charge in [-0.25, -0.2) is 0 Å². The first-order valence-electron chi connectivity index (χ1n) is 7.03. The molecule has 1 aromatic carbocycles. The normalized spacial score (nSPS) is 11.1. The molecule has 0 heterocycles. The van der Waals surface area contributed by atoms with Crippen molar-refractivity contribution in [3.05, 3.63) is 23.2 Å². The lowest BCUT2D eigenvalue weighted by Crippen LogP contribution is -2.28. The Morgan fingerprint density at radius 3 is 2.76 bits per heavy atom. The zero-order valence-electron chi connectivity index (χ0n) is 12.9. The summed E-state index contributed by atoms with van der Waals surface area (Å²) >= 11 is 6.01. The zero-order valence-corrected chi connectivity index (χ0v) is 13.6. The summed E-state index contributed by atoms with van der Waals surface area (Å²) in [5.74, 6) is -0.0710. The van der Waals surface area contributed by atoms with Crippen LogP contribution < -0.4 is 11.1 Å². The van der Waals surface area contributed by atoms with E-state index in [1.807, 2.05) is 20.9 Å². The van der Waals surface area contributed by atoms with Crippen molar-refractivity contribution in [1.29, 1.82) is 0 Å². The number of nitrogens with one attached hydrogen (secondary N) is 1. The van der Waals surface area contributed by atoms with Crippen LogP contribution in [-0.2, 0) is 9.53 Å². The van der Waals surface area contributed by atoms with Gasteiger partial charge in [0.1, 0.15) is 0 Å². The van der Waals surface area contributed by atoms with E-state index in [1.165, 1.54) is 0 Å². The molecule has 0 unspecified atom stereocenters. The standard InChI is InChI=1S/C15H24ClN3O2/c1-11(2)21-9-8-19(3)7-6-15(20)18-14-5-4-12(17)10-13(14)16/h4-5,10-11H,6-9,17H2,1-3H3,(H,18,20). The molecule has 0 aliphatic carbocycles. The summed E-state index contributed by atoms with van der Waals surface area (Å²) in [5.41, 5.74) is 6.77. The molecule has 1 rings (SSSR count). The van der Waals surface area contributed by atoms with Crippen molar-refractivity contribution in [3.8, 4) is 0 Å². The minimum atomic E-state index is -0.0710. The summed E-state index contributed by atoms with van der Waals surface area (Å²) in [6.45, 7) is 6.14. The van der Waals surface area contributed by atoms with Crippen molar-refractivity contribution in [3.63, 3.8) is 0 Å². The van der Waals surface area contributed by atoms with Crippen LogP contribution in [0.4, 0.5) is 11.4 Å². The molecule has 0 bridgehead atoms. The van der Waals surface area contributed by atoms with Gasteiger partial charge in [-0.1, -0.05) is 11.6 Å². The van der Waals surface area contributed by atoms with Gasteiger partial charge in [-0.2, -0.15) is 0 Å². The van der Waals surface area contributed by atoms with Crippen molar-refractivity contribution in [2.45, 2.75) is 26.4 Å². The zero-order chi connectivity index (χ0) is 15.8. The number of hydrogen-bond acceptors (Lipinski definition) is 4. The molecule has 0 aromatic heterocycles. The quantitative estimate of drug-likeness (QED) is 0.724. The van der Waals surface area contributed by atoms with Gasteiger partial charge in [-0.05, 0) is 39.1 Å². The van der Waals surface area contributed by atoms with Crippen LogP contribution in [0.2, 0.25) is 5.02 Å². The molecule has 1 aromatic rings. The van der Waals surface area contributed by atoms with Gasteiger partial charge in [0, 0.05) is 25.2 Å². The van der Waals surface area contributed by atoms with Gasteiger partial charge in [-0.3, -0.25) is 4.79 Å². The number of nitrogens with two attached hydrogens (primary N) is 1. The van der Waals surface area contributed by atoms with Gasteiger partial charge in [0.2, 0.25) is 5.91 Å². The van der Waals surface area contributed by atoms with E-state index in [-0.39, 0.29) is 12.0 Å². The van der Waals surface area contributed by atoms with E-state index in [0.29, 0.717) is 36.0 Å². The molecule has 0 aliphatic rings. The molecule has 0 radical (unpaired) electrons. The maximum Gasteiger partial charge on any atom is 0.225 e. The molecule has 6 heteroatoms. The number of benzene rings is 1. The van der Waals surface area contributed by atoms with E-state index >= 15 is 0 Å². The predicted molar refractivity (Wildman–Crippen MR) is 87.7 cm³/mol. The summed E-state index contributed by atoms with van der Waals surface area (Å²) in [7, 11) is 1.97. The van der Waals surface area contributed by atoms with E-state index in [4.69, 9.17) is 22.1 Å². The van der Waals surface area contributed by atoms with E-state index in [2.05, 4.69) is 10.2 Å². The van der Waals surface area contributed by atoms with Crippen molar-refractivity contribution in [2.75, 3.05) is 37.8 Å². The first-order chi connectivity index (χ1) is 9.88. The fraction of sp³-hybridized carbons (Fsp3) is 0.533. The molecule has 3 N–H and O–H groups in total. The predicted octanol–water partition coefficient (Wildman–Crippen LogP) is 2.61. The second-order valence-electron chi connectivity index (χ2n) is 5.26. The Kier molecular flexibility index (Phi) is 7.50. The van der Waals surface area contributed by atoms with Crippen molar-refractivity contribution < 1.29 is 9.53 Å². The first kappa shape index (κ1) is 17.8. The summed E-state index contributed by atoms with van der Waals surface area (Å²) in [5, 5.41) is 3.23. The van der Waals surface area contributed by atoms with Crippen LogP contribution >= 0.6 is 11.6 Å². The van der Waals surface area contributed by atoms with Gasteiger partial charge >= 0.3 is 0 Å². The number of nitrogens with zero attached hydrogens (tertiary/aromatic N) is 1. The lowest BCUT2D eigenvalue weighted by molar-refractivity contribution is -0.116. The molecule has 0 atom stereocenters. The molecule has 118 valence electrons. The number of anilines is 2. The monoisotopic (exact) mass is 313 g/mol. The van der Waals surface area contributed by atoms with Crippen LogP contribution in [-0.4, -0.2) is 43.7 Å². The maximum absolute atomic E-state index is 11.9. The average molecular weight is 314 g/mol. The second-order valence-corrected chi connectivity index (χ2v) is 5.67. The van der Waals surface area contributed by atoms with Gasteiger partial charge in [0.05, 0.1) is 23.4 Å². The fourth-order valence-electron chi connectivity index (χ4n) is 1.69. The number of carbonyl (C=O) groups excluding carboxylic acids is 1. The number of carbonyl (C=O) groups is 1. The number of rotatable bonds is 8. The molecule has 5 nitrogen and oxygen atoms in total. The summed E-state index contributed by atoms with van der Waals surface area (Å²) in [6.07, 6.45) is 0.633. The summed E-state index contributed by atoms with van der Waals surface area (Å²) < 4.78 is 5.47. The van der Waals surface area contributed by atoms with Crippen LogP contribution in [0.25, 0.3) is 0 Å². The Labute approximate surface area is 131 Å². The lowest BCUT2D eigenvalue weighted by atomic mass is 10.2. The molecule has 0 aliphatic heterocycles. The average Bonchev–Trinajstić information content (AvgIpc) is 2.39. The van der Waals surface area contributed by atoms with Crippen molar-refractivity contribution in [1.82, 2.24) is 4.90 Å². The molecule has 0 fully saturated rings. The Bertz CT molecular complexity index is 466. The Morgan fingerprint density at radius 1 is 1.43 bits per heavy atom. The molecule has 1 amide bonds. The van der Waals surface area contributed by atoms with E-state index < -0.39 is 0 Å². The van der Waals surface area contributed by atoms with Crippen LogP contribution in [0.1, 0.15) is 20.3 Å². The number of nitrogen functional groups attached to an aromatic ring is 1. The highest BCUT2D eigenvalue weighted by molar-refractivity contribution is 6.34. The Hall–Kier alpha value is -1.30. The number of halogens is 1. The lowest BCUT2D eigenvalue weighted by Gasteiger charge is -2.17. The van der Waals surface area contributed by atoms with Crippen molar-refractivity contribution >= 4 is 28.9 Å². The highest BCUT2D eigenvalue weighted by Crippen LogP contribution is 2.24. The summed E-state index contributed by atoms with van der Waals surface area (Å²) in [6, 6.07) is 5.03. The first-order valence-corrected chi connectivity index (χ1v) is 7.41. The number of hydrogen-bond donors (Lipinski definition) is 2. The van der Waals surface area contributed by atoms with E-state index in [0.717, 1.165) is 6.54 Å². The van der Waals surface area contributed by atoms with Crippen LogP contribution in [0.3, 0.4) is 0 Å². The van der Waals surface area contributed by atoms with Gasteiger partial charge in [0.15, 0.2) is 0 Å². The van der Waals surface area contributed by atoms with Crippen LogP contribution in [0.5, 0.6) is 0 Å². The minimum Gasteiger partial charge on any atom is -0.399 e. The molecular weight excluding hydrogens is 290 g/mol. The van der Waals surface area contributed by atoms with Crippen LogP contribution in [0.15, 0.2) is 18.2 Å². The largest absolute Gasteiger partial charge is 0.399 e. The fourth-order valence-corrected chi connectivity index (χ4v) is 1.93. The second kappa shape index (κ2) is 8.87. The Morgan fingerprint density at radius 2 is 2.14 bits per heavy atom. The molecular formula is C15H24ClN3O2. The van der Waals surface area contributed by atoms with E-state index in [9.17, 15) is 4.79 Å². The molecule has 0 spiro atoms. The minimum absolute atomic E-state index is 0.0710. The highest BCUT2D eigenvalue weighted by Gasteiger charge is 2.08. The van der Waals surface area contributed by atoms with Gasteiger partial charge in [-0.15, -0.1) is 0 Å². The Balaban J connectivity index is 2.30. The highest BCUT2D eigenvalue weighted by atomic mass is 35.5. The van der Waals surface area contributed by atoms with Crippen LogP contribution in [0, 0.1) is 0 Å². The van der Waals surface area contributed by atoms with E-state index in [1.54, 1.807) is 18.2 Å². The third kappa shape index (κ3) is 7.32. The summed E-state index contributed by atoms with van der Waals surface area (Å²) in [4.78, 5) is 13.9. The SMILES string of the molecule is CC(C)OCCN(C)CCC(=O)Nc1ccc(N)cc1Cl. The van der Waals surface area contributed by atoms with Gasteiger partial charge in [0.25, 0.3) is 0 Å². The molecule has 21 heavy (non-hydrogen) atoms. The molecule has 0 saturated carbocycles. The smallest absolute Gasteiger partial charge is 0.225 e. The maximum atomic E-state index is 11.9. The number of ether oxygens (including phenoxy) is 1. The third-order valence-electron chi connectivity index (χ3n) is 2.91. The topological polar surface area (TPSA) is 67.6 Å². The third-order valence-corrected chi connectivity index (χ3v) is 3.22.